The molecule has 1 unspecified atom stereocenters. The monoisotopic (exact) mass is 454 g/mol. The van der Waals surface area contributed by atoms with E-state index < -0.39 is 48.7 Å². The van der Waals surface area contributed by atoms with Gasteiger partial charge in [0.1, 0.15) is 9.84 Å². The Labute approximate surface area is 159 Å². The molecule has 1 aromatic carbocycles. The van der Waals surface area contributed by atoms with Crippen molar-refractivity contribution in [2.24, 2.45) is 0 Å². The fourth-order valence-corrected chi connectivity index (χ4v) is 5.37. The lowest BCUT2D eigenvalue weighted by atomic mass is 10.0. The van der Waals surface area contributed by atoms with Gasteiger partial charge in [0.05, 0.1) is 27.3 Å². The standard InChI is InChI=1S/C14H15Cl2F3O5S2/c1-25(21,22)6-7-26(23,24)9-13(20,14(17,18)19)5-4-10-2-3-11(15)12(16)8-10/h2-5,8,20H,6-7,9H2,1H3/b5-4+. The fourth-order valence-electron chi connectivity index (χ4n) is 1.76. The summed E-state index contributed by atoms with van der Waals surface area (Å²) in [6.07, 6.45) is -3.42. The molecule has 0 aromatic heterocycles. The van der Waals surface area contributed by atoms with Gasteiger partial charge in [-0.05, 0) is 23.8 Å². The van der Waals surface area contributed by atoms with Gasteiger partial charge >= 0.3 is 6.18 Å². The van der Waals surface area contributed by atoms with Crippen molar-refractivity contribution in [1.82, 2.24) is 0 Å². The van der Waals surface area contributed by atoms with Crippen molar-refractivity contribution in [3.8, 4) is 0 Å². The van der Waals surface area contributed by atoms with Crippen LogP contribution in [0.25, 0.3) is 6.08 Å². The van der Waals surface area contributed by atoms with Gasteiger partial charge in [-0.25, -0.2) is 16.8 Å². The second-order valence-corrected chi connectivity index (χ2v) is 10.9. The van der Waals surface area contributed by atoms with Crippen molar-refractivity contribution >= 4 is 49.0 Å². The molecular weight excluding hydrogens is 440 g/mol. The summed E-state index contributed by atoms with van der Waals surface area (Å²) in [5, 5.41) is 10.1. The molecule has 0 aliphatic heterocycles. The van der Waals surface area contributed by atoms with Crippen molar-refractivity contribution in [2.45, 2.75) is 11.8 Å². The molecule has 0 heterocycles. The Hall–Kier alpha value is -0.810. The van der Waals surface area contributed by atoms with Gasteiger partial charge in [0.2, 0.25) is 0 Å². The zero-order valence-electron chi connectivity index (χ0n) is 13.3. The fraction of sp³-hybridized carbons (Fsp3) is 0.429. The summed E-state index contributed by atoms with van der Waals surface area (Å²) in [6.45, 7) is 0. The van der Waals surface area contributed by atoms with E-state index in [1.165, 1.54) is 18.2 Å². The number of benzene rings is 1. The molecule has 148 valence electrons. The molecule has 0 aliphatic carbocycles. The second kappa shape index (κ2) is 8.05. The summed E-state index contributed by atoms with van der Waals surface area (Å²) in [5.41, 5.74) is -3.55. The molecule has 0 amide bonds. The van der Waals surface area contributed by atoms with Gasteiger partial charge in [0.25, 0.3) is 0 Å². The number of alkyl halides is 3. The van der Waals surface area contributed by atoms with Crippen LogP contribution < -0.4 is 0 Å². The first kappa shape index (κ1) is 23.2. The van der Waals surface area contributed by atoms with E-state index >= 15 is 0 Å². The van der Waals surface area contributed by atoms with Crippen LogP contribution in [0.1, 0.15) is 5.56 Å². The van der Waals surface area contributed by atoms with Crippen LogP contribution >= 0.6 is 23.2 Å². The van der Waals surface area contributed by atoms with E-state index in [9.17, 15) is 35.1 Å². The van der Waals surface area contributed by atoms with E-state index in [-0.39, 0.29) is 21.7 Å². The quantitative estimate of drug-likeness (QED) is 0.683. The number of aliphatic hydroxyl groups is 1. The lowest BCUT2D eigenvalue weighted by Gasteiger charge is -2.27. The van der Waals surface area contributed by atoms with Crippen LogP contribution in [-0.4, -0.2) is 57.2 Å². The molecular formula is C14H15Cl2F3O5S2. The first-order chi connectivity index (χ1) is 11.5. The number of hydrogen-bond acceptors (Lipinski definition) is 5. The maximum atomic E-state index is 13.2. The van der Waals surface area contributed by atoms with Crippen molar-refractivity contribution < 1.29 is 35.1 Å². The molecule has 1 aromatic rings. The smallest absolute Gasteiger partial charge is 0.376 e. The Morgan fingerprint density at radius 1 is 1.08 bits per heavy atom. The third kappa shape index (κ3) is 7.07. The lowest BCUT2D eigenvalue weighted by molar-refractivity contribution is -0.230. The summed E-state index contributed by atoms with van der Waals surface area (Å²) in [7, 11) is -8.22. The van der Waals surface area contributed by atoms with Gasteiger partial charge in [0.15, 0.2) is 15.4 Å². The number of sulfone groups is 2. The summed E-state index contributed by atoms with van der Waals surface area (Å²) < 4.78 is 85.4. The maximum Gasteiger partial charge on any atom is 0.421 e. The number of halogens is 5. The van der Waals surface area contributed by atoms with Crippen LogP contribution in [0.3, 0.4) is 0 Å². The molecule has 1 N–H and O–H groups in total. The average molecular weight is 455 g/mol. The van der Waals surface area contributed by atoms with Crippen molar-refractivity contribution in [3.05, 3.63) is 39.9 Å². The highest BCUT2D eigenvalue weighted by Crippen LogP contribution is 2.34. The SMILES string of the molecule is CS(=O)(=O)CCS(=O)(=O)CC(O)(/C=C/c1ccc(Cl)c(Cl)c1)C(F)(F)F. The van der Waals surface area contributed by atoms with E-state index in [0.29, 0.717) is 0 Å². The van der Waals surface area contributed by atoms with Crippen molar-refractivity contribution in [1.29, 1.82) is 0 Å². The lowest BCUT2D eigenvalue weighted by Crippen LogP contribution is -2.49. The highest BCUT2D eigenvalue weighted by atomic mass is 35.5. The molecule has 26 heavy (non-hydrogen) atoms. The van der Waals surface area contributed by atoms with E-state index in [1.54, 1.807) is 0 Å². The highest BCUT2D eigenvalue weighted by Gasteiger charge is 2.54. The average Bonchev–Trinajstić information content (AvgIpc) is 2.44. The van der Waals surface area contributed by atoms with Crippen LogP contribution in [0.4, 0.5) is 13.2 Å². The first-order valence-corrected chi connectivity index (χ1v) is 11.5. The molecule has 1 rings (SSSR count). The van der Waals surface area contributed by atoms with E-state index in [2.05, 4.69) is 0 Å². The van der Waals surface area contributed by atoms with Gasteiger partial charge in [-0.2, -0.15) is 13.2 Å². The zero-order valence-corrected chi connectivity index (χ0v) is 16.4. The molecule has 0 spiro atoms. The molecule has 0 aliphatic rings. The van der Waals surface area contributed by atoms with E-state index in [0.717, 1.165) is 12.3 Å². The largest absolute Gasteiger partial charge is 0.421 e. The Balaban J connectivity index is 3.15. The number of hydrogen-bond donors (Lipinski definition) is 1. The first-order valence-electron chi connectivity index (χ1n) is 6.86. The van der Waals surface area contributed by atoms with Crippen molar-refractivity contribution in [3.63, 3.8) is 0 Å². The predicted octanol–water partition coefficient (Wildman–Crippen LogP) is 2.76. The van der Waals surface area contributed by atoms with Gasteiger partial charge in [0, 0.05) is 6.26 Å². The number of rotatable bonds is 7. The molecule has 0 radical (unpaired) electrons. The Morgan fingerprint density at radius 3 is 2.12 bits per heavy atom. The molecule has 0 fully saturated rings. The molecule has 0 bridgehead atoms. The highest BCUT2D eigenvalue weighted by molar-refractivity contribution is 7.94. The van der Waals surface area contributed by atoms with Crippen molar-refractivity contribution in [2.75, 3.05) is 23.5 Å². The van der Waals surface area contributed by atoms with Crippen LogP contribution in [0.2, 0.25) is 10.0 Å². The van der Waals surface area contributed by atoms with Gasteiger partial charge in [-0.15, -0.1) is 0 Å². The third-order valence-corrected chi connectivity index (χ3v) is 6.84. The molecule has 1 atom stereocenters. The van der Waals surface area contributed by atoms with Gasteiger partial charge in [-0.3, -0.25) is 0 Å². The second-order valence-electron chi connectivity index (χ2n) is 5.65. The predicted molar refractivity (Wildman–Crippen MR) is 94.9 cm³/mol. The van der Waals surface area contributed by atoms with Gasteiger partial charge in [-0.1, -0.05) is 35.3 Å². The Kier molecular flexibility index (Phi) is 7.20. The van der Waals surface area contributed by atoms with Crippen LogP contribution in [0.5, 0.6) is 0 Å². The zero-order chi connectivity index (χ0) is 20.4. The Bertz CT molecular complexity index is 896. The third-order valence-electron chi connectivity index (χ3n) is 3.19. The summed E-state index contributed by atoms with van der Waals surface area (Å²) in [6, 6.07) is 3.87. The normalized spacial score (nSPS) is 16.0. The van der Waals surface area contributed by atoms with E-state index in [4.69, 9.17) is 23.2 Å². The summed E-state index contributed by atoms with van der Waals surface area (Å²) in [4.78, 5) is 0. The Morgan fingerprint density at radius 2 is 1.65 bits per heavy atom. The molecule has 0 saturated heterocycles. The summed E-state index contributed by atoms with van der Waals surface area (Å²) >= 11 is 11.4. The van der Waals surface area contributed by atoms with Crippen LogP contribution in [-0.2, 0) is 19.7 Å². The minimum absolute atomic E-state index is 0.0603. The van der Waals surface area contributed by atoms with E-state index in [1.807, 2.05) is 0 Å². The molecule has 5 nitrogen and oxygen atoms in total. The molecule has 12 heteroatoms. The minimum Gasteiger partial charge on any atom is -0.376 e. The minimum atomic E-state index is -5.31. The maximum absolute atomic E-state index is 13.2. The van der Waals surface area contributed by atoms with Crippen LogP contribution in [0, 0.1) is 0 Å². The van der Waals surface area contributed by atoms with Gasteiger partial charge < -0.3 is 5.11 Å². The molecule has 0 saturated carbocycles. The summed E-state index contributed by atoms with van der Waals surface area (Å²) in [5.74, 6) is -3.60. The topological polar surface area (TPSA) is 88.5 Å². The van der Waals surface area contributed by atoms with Crippen LogP contribution in [0.15, 0.2) is 24.3 Å².